The standard InChI is InChI=1S/C12H18FN/c1-3-10(2)14-8-7-11-5-4-6-12(13)9-11/h4-6,9-10,14H,3,7-8H2,1-2H3/t10-/m1/s1. The van der Waals surface area contributed by atoms with Crippen LogP contribution < -0.4 is 5.32 Å². The molecular weight excluding hydrogens is 177 g/mol. The first-order valence-corrected chi connectivity index (χ1v) is 5.20. The van der Waals surface area contributed by atoms with Crippen molar-refractivity contribution in [3.63, 3.8) is 0 Å². The maximum Gasteiger partial charge on any atom is 0.123 e. The lowest BCUT2D eigenvalue weighted by molar-refractivity contribution is 0.536. The van der Waals surface area contributed by atoms with Gasteiger partial charge >= 0.3 is 0 Å². The molecule has 0 saturated heterocycles. The topological polar surface area (TPSA) is 12.0 Å². The molecule has 2 heteroatoms. The molecule has 1 nitrogen and oxygen atoms in total. The van der Waals surface area contributed by atoms with Gasteiger partial charge in [0.1, 0.15) is 5.82 Å². The first kappa shape index (κ1) is 11.2. The van der Waals surface area contributed by atoms with E-state index in [1.54, 1.807) is 12.1 Å². The molecule has 1 aromatic carbocycles. The SMILES string of the molecule is CC[C@@H](C)NCCc1cccc(F)c1. The Morgan fingerprint density at radius 1 is 1.43 bits per heavy atom. The Morgan fingerprint density at radius 3 is 2.86 bits per heavy atom. The summed E-state index contributed by atoms with van der Waals surface area (Å²) in [6.07, 6.45) is 2.02. The smallest absolute Gasteiger partial charge is 0.123 e. The molecule has 1 aromatic rings. The van der Waals surface area contributed by atoms with Gasteiger partial charge in [-0.05, 0) is 44.0 Å². The molecule has 14 heavy (non-hydrogen) atoms. The van der Waals surface area contributed by atoms with E-state index in [1.165, 1.54) is 6.07 Å². The Bertz CT molecular complexity index is 273. The fourth-order valence-corrected chi connectivity index (χ4v) is 1.30. The van der Waals surface area contributed by atoms with E-state index in [-0.39, 0.29) is 5.82 Å². The highest BCUT2D eigenvalue weighted by atomic mass is 19.1. The molecule has 1 rings (SSSR count). The monoisotopic (exact) mass is 195 g/mol. The van der Waals surface area contributed by atoms with Gasteiger partial charge in [0.2, 0.25) is 0 Å². The molecule has 0 bridgehead atoms. The van der Waals surface area contributed by atoms with E-state index in [2.05, 4.69) is 19.2 Å². The minimum absolute atomic E-state index is 0.147. The molecule has 0 fully saturated rings. The van der Waals surface area contributed by atoms with Gasteiger partial charge in [-0.25, -0.2) is 4.39 Å². The predicted molar refractivity (Wildman–Crippen MR) is 57.9 cm³/mol. The van der Waals surface area contributed by atoms with E-state index in [1.807, 2.05) is 6.07 Å². The summed E-state index contributed by atoms with van der Waals surface area (Å²) in [5.74, 6) is -0.147. The van der Waals surface area contributed by atoms with Crippen molar-refractivity contribution in [3.8, 4) is 0 Å². The Kier molecular flexibility index (Phi) is 4.60. The van der Waals surface area contributed by atoms with Gasteiger partial charge in [-0.1, -0.05) is 19.1 Å². The average molecular weight is 195 g/mol. The van der Waals surface area contributed by atoms with Crippen molar-refractivity contribution in [2.75, 3.05) is 6.54 Å². The molecule has 0 radical (unpaired) electrons. The zero-order valence-corrected chi connectivity index (χ0v) is 8.89. The number of rotatable bonds is 5. The summed E-state index contributed by atoms with van der Waals surface area (Å²) in [5, 5.41) is 3.38. The Balaban J connectivity index is 2.31. The summed E-state index contributed by atoms with van der Waals surface area (Å²) < 4.78 is 12.8. The lowest BCUT2D eigenvalue weighted by Crippen LogP contribution is -2.27. The highest BCUT2D eigenvalue weighted by Crippen LogP contribution is 2.03. The minimum Gasteiger partial charge on any atom is -0.314 e. The molecule has 78 valence electrons. The Morgan fingerprint density at radius 2 is 2.21 bits per heavy atom. The largest absolute Gasteiger partial charge is 0.314 e. The van der Waals surface area contributed by atoms with Crippen LogP contribution in [0.25, 0.3) is 0 Å². The van der Waals surface area contributed by atoms with Crippen molar-refractivity contribution in [2.45, 2.75) is 32.7 Å². The summed E-state index contributed by atoms with van der Waals surface area (Å²) in [7, 11) is 0. The maximum atomic E-state index is 12.8. The molecule has 1 N–H and O–H groups in total. The van der Waals surface area contributed by atoms with Crippen LogP contribution >= 0.6 is 0 Å². The molecule has 0 heterocycles. The molecule has 0 unspecified atom stereocenters. The van der Waals surface area contributed by atoms with Gasteiger partial charge in [0.15, 0.2) is 0 Å². The van der Waals surface area contributed by atoms with Gasteiger partial charge in [0, 0.05) is 6.04 Å². The van der Waals surface area contributed by atoms with Crippen LogP contribution in [0.15, 0.2) is 24.3 Å². The number of nitrogens with one attached hydrogen (secondary N) is 1. The van der Waals surface area contributed by atoms with Crippen LogP contribution in [0, 0.1) is 5.82 Å². The third-order valence-electron chi connectivity index (χ3n) is 2.41. The maximum absolute atomic E-state index is 12.8. The van der Waals surface area contributed by atoms with Crippen LogP contribution in [0.1, 0.15) is 25.8 Å². The number of benzene rings is 1. The average Bonchev–Trinajstić information content (AvgIpc) is 2.17. The second-order valence-corrected chi connectivity index (χ2v) is 3.64. The van der Waals surface area contributed by atoms with Crippen molar-refractivity contribution in [2.24, 2.45) is 0 Å². The van der Waals surface area contributed by atoms with E-state index < -0.39 is 0 Å². The van der Waals surface area contributed by atoms with Crippen molar-refractivity contribution in [1.82, 2.24) is 5.32 Å². The predicted octanol–water partition coefficient (Wildman–Crippen LogP) is 2.76. The van der Waals surface area contributed by atoms with Gasteiger partial charge in [-0.2, -0.15) is 0 Å². The van der Waals surface area contributed by atoms with Gasteiger partial charge < -0.3 is 5.32 Å². The van der Waals surface area contributed by atoms with Crippen LogP contribution in [0.4, 0.5) is 4.39 Å². The Hall–Kier alpha value is -0.890. The molecule has 0 aliphatic heterocycles. The normalized spacial score (nSPS) is 12.8. The van der Waals surface area contributed by atoms with E-state index in [4.69, 9.17) is 0 Å². The van der Waals surface area contributed by atoms with Crippen LogP contribution in [0.5, 0.6) is 0 Å². The quantitative estimate of drug-likeness (QED) is 0.761. The van der Waals surface area contributed by atoms with E-state index >= 15 is 0 Å². The van der Waals surface area contributed by atoms with Crippen molar-refractivity contribution in [1.29, 1.82) is 0 Å². The van der Waals surface area contributed by atoms with Gasteiger partial charge in [0.25, 0.3) is 0 Å². The summed E-state index contributed by atoms with van der Waals surface area (Å²) >= 11 is 0. The molecular formula is C12H18FN. The third kappa shape index (κ3) is 3.88. The van der Waals surface area contributed by atoms with Crippen molar-refractivity contribution in [3.05, 3.63) is 35.6 Å². The van der Waals surface area contributed by atoms with Crippen LogP contribution in [-0.2, 0) is 6.42 Å². The minimum atomic E-state index is -0.147. The van der Waals surface area contributed by atoms with E-state index in [0.717, 1.165) is 24.9 Å². The molecule has 0 aliphatic rings. The fourth-order valence-electron chi connectivity index (χ4n) is 1.30. The summed E-state index contributed by atoms with van der Waals surface area (Å²) in [4.78, 5) is 0. The molecule has 0 aliphatic carbocycles. The molecule has 0 aromatic heterocycles. The van der Waals surface area contributed by atoms with Crippen LogP contribution in [-0.4, -0.2) is 12.6 Å². The fraction of sp³-hybridized carbons (Fsp3) is 0.500. The third-order valence-corrected chi connectivity index (χ3v) is 2.41. The lowest BCUT2D eigenvalue weighted by atomic mass is 10.1. The van der Waals surface area contributed by atoms with Gasteiger partial charge in [-0.15, -0.1) is 0 Å². The van der Waals surface area contributed by atoms with E-state index in [0.29, 0.717) is 6.04 Å². The molecule has 1 atom stereocenters. The molecule has 0 amide bonds. The van der Waals surface area contributed by atoms with Gasteiger partial charge in [0.05, 0.1) is 0 Å². The summed E-state index contributed by atoms with van der Waals surface area (Å²) in [6, 6.07) is 7.34. The van der Waals surface area contributed by atoms with Crippen molar-refractivity contribution < 1.29 is 4.39 Å². The lowest BCUT2D eigenvalue weighted by Gasteiger charge is -2.10. The second kappa shape index (κ2) is 5.76. The number of halogens is 1. The Labute approximate surface area is 85.3 Å². The van der Waals surface area contributed by atoms with Crippen LogP contribution in [0.3, 0.4) is 0 Å². The summed E-state index contributed by atoms with van der Waals surface area (Å²) in [5.41, 5.74) is 1.06. The summed E-state index contributed by atoms with van der Waals surface area (Å²) in [6.45, 7) is 5.23. The second-order valence-electron chi connectivity index (χ2n) is 3.64. The zero-order valence-electron chi connectivity index (χ0n) is 8.89. The molecule has 0 spiro atoms. The van der Waals surface area contributed by atoms with Crippen molar-refractivity contribution >= 4 is 0 Å². The van der Waals surface area contributed by atoms with E-state index in [9.17, 15) is 4.39 Å². The number of hydrogen-bond donors (Lipinski definition) is 1. The van der Waals surface area contributed by atoms with Gasteiger partial charge in [-0.3, -0.25) is 0 Å². The first-order chi connectivity index (χ1) is 6.72. The zero-order chi connectivity index (χ0) is 10.4. The number of hydrogen-bond acceptors (Lipinski definition) is 1. The highest BCUT2D eigenvalue weighted by Gasteiger charge is 1.98. The molecule has 0 saturated carbocycles. The first-order valence-electron chi connectivity index (χ1n) is 5.20. The van der Waals surface area contributed by atoms with Crippen LogP contribution in [0.2, 0.25) is 0 Å². The highest BCUT2D eigenvalue weighted by molar-refractivity contribution is 5.16.